The number of rotatable bonds is 73. The normalized spacial score (nSPS) is 14.3. The summed E-state index contributed by atoms with van der Waals surface area (Å²) >= 11 is 0. The van der Waals surface area contributed by atoms with Gasteiger partial charge in [-0.3, -0.25) is 37.3 Å². The Morgan fingerprint density at radius 1 is 0.304 bits per heavy atom. The van der Waals surface area contributed by atoms with E-state index < -0.39 is 97.5 Å². The van der Waals surface area contributed by atoms with Gasteiger partial charge in [-0.15, -0.1) is 0 Å². The molecule has 0 heterocycles. The predicted octanol–water partition coefficient (Wildman–Crippen LogP) is 21.3. The summed E-state index contributed by atoms with van der Waals surface area (Å²) in [6, 6.07) is 0. The highest BCUT2D eigenvalue weighted by molar-refractivity contribution is 7.47. The average molecular weight is 1350 g/mol. The highest BCUT2D eigenvalue weighted by atomic mass is 31.2. The minimum Gasteiger partial charge on any atom is -0.462 e. The summed E-state index contributed by atoms with van der Waals surface area (Å²) in [5.74, 6) is -1.31. The van der Waals surface area contributed by atoms with Crippen LogP contribution in [0.3, 0.4) is 0 Å². The number of ether oxygens (including phenoxy) is 4. The van der Waals surface area contributed by atoms with Crippen molar-refractivity contribution >= 4 is 39.5 Å². The van der Waals surface area contributed by atoms with E-state index in [2.05, 4.69) is 34.6 Å². The number of esters is 4. The van der Waals surface area contributed by atoms with Crippen LogP contribution in [0.2, 0.25) is 0 Å². The maximum Gasteiger partial charge on any atom is 0.472 e. The lowest BCUT2D eigenvalue weighted by Gasteiger charge is -2.21. The summed E-state index contributed by atoms with van der Waals surface area (Å²) in [6.45, 7) is 7.26. The van der Waals surface area contributed by atoms with Gasteiger partial charge in [-0.25, -0.2) is 9.13 Å². The zero-order chi connectivity index (χ0) is 67.7. The summed E-state index contributed by atoms with van der Waals surface area (Å²) < 4.78 is 68.3. The fourth-order valence-corrected chi connectivity index (χ4v) is 12.7. The maximum atomic E-state index is 13.1. The second-order valence-electron chi connectivity index (χ2n) is 26.6. The van der Waals surface area contributed by atoms with Crippen molar-refractivity contribution in [3.8, 4) is 0 Å². The minimum absolute atomic E-state index is 0.107. The lowest BCUT2D eigenvalue weighted by atomic mass is 9.99. The van der Waals surface area contributed by atoms with Crippen LogP contribution in [0.5, 0.6) is 0 Å². The van der Waals surface area contributed by atoms with Crippen molar-refractivity contribution in [2.45, 2.75) is 400 Å². The Labute approximate surface area is 562 Å². The van der Waals surface area contributed by atoms with Crippen LogP contribution in [-0.2, 0) is 65.4 Å². The lowest BCUT2D eigenvalue weighted by molar-refractivity contribution is -0.161. The van der Waals surface area contributed by atoms with Crippen LogP contribution in [0, 0.1) is 5.92 Å². The zero-order valence-corrected chi connectivity index (χ0v) is 61.5. The molecule has 6 atom stereocenters. The van der Waals surface area contributed by atoms with Crippen LogP contribution in [0.25, 0.3) is 0 Å². The van der Waals surface area contributed by atoms with E-state index >= 15 is 0 Å². The van der Waals surface area contributed by atoms with Crippen LogP contribution in [0.4, 0.5) is 0 Å². The Kier molecular flexibility index (Phi) is 64.9. The molecular weight excluding hydrogens is 1210 g/mol. The fraction of sp³-hybridized carbons (Fsp3) is 0.945. The predicted molar refractivity (Wildman–Crippen MR) is 372 cm³/mol. The van der Waals surface area contributed by atoms with Gasteiger partial charge in [-0.05, 0) is 31.6 Å². The molecule has 0 spiro atoms. The van der Waals surface area contributed by atoms with Crippen LogP contribution in [0.15, 0.2) is 0 Å². The number of aliphatic hydroxyl groups is 1. The molecule has 0 aliphatic heterocycles. The molecule has 0 aliphatic rings. The molecule has 0 amide bonds. The molecule has 546 valence electrons. The van der Waals surface area contributed by atoms with Crippen molar-refractivity contribution in [3.05, 3.63) is 0 Å². The van der Waals surface area contributed by atoms with Crippen molar-refractivity contribution in [3.63, 3.8) is 0 Å². The van der Waals surface area contributed by atoms with E-state index in [1.165, 1.54) is 193 Å². The number of hydrogen-bond donors (Lipinski definition) is 3. The third kappa shape index (κ3) is 65.4. The quantitative estimate of drug-likeness (QED) is 0.0222. The average Bonchev–Trinajstić information content (AvgIpc) is 2.89. The third-order valence-corrected chi connectivity index (χ3v) is 19.3. The van der Waals surface area contributed by atoms with Crippen LogP contribution >= 0.6 is 15.6 Å². The van der Waals surface area contributed by atoms with Gasteiger partial charge in [0.15, 0.2) is 12.2 Å². The number of hydrogen-bond acceptors (Lipinski definition) is 15. The van der Waals surface area contributed by atoms with Gasteiger partial charge >= 0.3 is 39.5 Å². The van der Waals surface area contributed by atoms with E-state index in [0.717, 1.165) is 109 Å². The second-order valence-corrected chi connectivity index (χ2v) is 29.5. The first-order valence-corrected chi connectivity index (χ1v) is 41.2. The molecule has 0 aromatic heterocycles. The van der Waals surface area contributed by atoms with Crippen molar-refractivity contribution in [1.82, 2.24) is 0 Å². The van der Waals surface area contributed by atoms with E-state index in [9.17, 15) is 43.2 Å². The van der Waals surface area contributed by atoms with Crippen molar-refractivity contribution in [2.75, 3.05) is 39.6 Å². The van der Waals surface area contributed by atoms with Gasteiger partial charge < -0.3 is 33.8 Å². The summed E-state index contributed by atoms with van der Waals surface area (Å²) in [6.07, 6.45) is 54.1. The first-order chi connectivity index (χ1) is 44.6. The molecule has 17 nitrogen and oxygen atoms in total. The summed E-state index contributed by atoms with van der Waals surface area (Å²) in [5.41, 5.74) is 0. The fourth-order valence-electron chi connectivity index (χ4n) is 11.1. The molecule has 0 radical (unpaired) electrons. The van der Waals surface area contributed by atoms with Gasteiger partial charge in [-0.1, -0.05) is 330 Å². The van der Waals surface area contributed by atoms with E-state index in [4.69, 9.17) is 37.0 Å². The van der Waals surface area contributed by atoms with Gasteiger partial charge in [0, 0.05) is 25.7 Å². The molecule has 0 fully saturated rings. The van der Waals surface area contributed by atoms with Crippen LogP contribution in [-0.4, -0.2) is 96.7 Å². The Balaban J connectivity index is 5.20. The third-order valence-electron chi connectivity index (χ3n) is 17.4. The van der Waals surface area contributed by atoms with Gasteiger partial charge in [0.1, 0.15) is 19.3 Å². The molecule has 3 unspecified atom stereocenters. The Bertz CT molecular complexity index is 1770. The topological polar surface area (TPSA) is 237 Å². The smallest absolute Gasteiger partial charge is 0.462 e. The molecule has 0 aromatic carbocycles. The molecule has 19 heteroatoms. The molecule has 0 saturated heterocycles. The molecule has 0 bridgehead atoms. The summed E-state index contributed by atoms with van der Waals surface area (Å²) in [4.78, 5) is 72.6. The number of phosphoric acid groups is 2. The van der Waals surface area contributed by atoms with E-state index in [1.807, 2.05) is 0 Å². The zero-order valence-electron chi connectivity index (χ0n) is 59.7. The van der Waals surface area contributed by atoms with Gasteiger partial charge in [0.05, 0.1) is 26.4 Å². The standard InChI is InChI=1S/C73H142O17P2/c1-6-10-13-16-19-21-23-25-26-27-28-29-31-33-39-44-49-54-59-73(78)90-69(63-84-71(76)57-52-47-42-37-35-34-36-41-45-50-55-66(5)9-4)65-88-92(81,82)86-61-67(74)60-85-91(79,80)87-64-68(62-83-70(75)56-51-46-40-18-15-12-8-3)89-72(77)58-53-48-43-38-32-30-24-22-20-17-14-11-7-2/h66-69,74H,6-65H2,1-5H3,(H,79,80)(H,81,82)/t66?,67-,68+,69+/m0/s1. The number of carbonyl (C=O) groups excluding carboxylic acids is 4. The van der Waals surface area contributed by atoms with Crippen molar-refractivity contribution in [1.29, 1.82) is 0 Å². The number of phosphoric ester groups is 2. The molecular formula is C73H142O17P2. The van der Waals surface area contributed by atoms with Crippen LogP contribution < -0.4 is 0 Å². The molecule has 3 N–H and O–H groups in total. The van der Waals surface area contributed by atoms with Gasteiger partial charge in [0.2, 0.25) is 0 Å². The monoisotopic (exact) mass is 1350 g/mol. The Morgan fingerprint density at radius 3 is 0.772 bits per heavy atom. The van der Waals surface area contributed by atoms with E-state index in [-0.39, 0.29) is 25.7 Å². The maximum absolute atomic E-state index is 13.1. The van der Waals surface area contributed by atoms with Crippen molar-refractivity contribution < 1.29 is 80.2 Å². The summed E-state index contributed by atoms with van der Waals surface area (Å²) in [5, 5.41) is 10.6. The first-order valence-electron chi connectivity index (χ1n) is 38.2. The Hall–Kier alpha value is -1.94. The largest absolute Gasteiger partial charge is 0.472 e. The van der Waals surface area contributed by atoms with E-state index in [1.54, 1.807) is 0 Å². The second kappa shape index (κ2) is 66.3. The molecule has 0 rings (SSSR count). The molecule has 0 aromatic rings. The number of unbranched alkanes of at least 4 members (excludes halogenated alkanes) is 44. The number of aliphatic hydroxyl groups excluding tert-OH is 1. The minimum atomic E-state index is -4.95. The van der Waals surface area contributed by atoms with E-state index in [0.29, 0.717) is 25.7 Å². The lowest BCUT2D eigenvalue weighted by Crippen LogP contribution is -2.30. The van der Waals surface area contributed by atoms with Gasteiger partial charge in [-0.2, -0.15) is 0 Å². The summed E-state index contributed by atoms with van der Waals surface area (Å²) in [7, 11) is -9.90. The molecule has 92 heavy (non-hydrogen) atoms. The van der Waals surface area contributed by atoms with Gasteiger partial charge in [0.25, 0.3) is 0 Å². The molecule has 0 aliphatic carbocycles. The highest BCUT2D eigenvalue weighted by Crippen LogP contribution is 2.45. The Morgan fingerprint density at radius 2 is 0.522 bits per heavy atom. The SMILES string of the molecule is CCCCCCCCCCCCCCCCCCCCC(=O)O[C@H](COC(=O)CCCCCCCCCCCCC(C)CC)COP(=O)(O)OC[C@@H](O)COP(=O)(O)OC[C@@H](COC(=O)CCCCCCCCC)OC(=O)CCCCCCCCCCCCCCC. The molecule has 0 saturated carbocycles. The van der Waals surface area contributed by atoms with Crippen LogP contribution in [0.1, 0.15) is 381 Å². The first kappa shape index (κ1) is 90.1. The highest BCUT2D eigenvalue weighted by Gasteiger charge is 2.30. The number of carbonyl (C=O) groups is 4. The van der Waals surface area contributed by atoms with Crippen molar-refractivity contribution in [2.24, 2.45) is 5.92 Å².